The van der Waals surface area contributed by atoms with E-state index in [9.17, 15) is 10.2 Å². The molecule has 3 aliphatic rings. The monoisotopic (exact) mass is 430 g/mol. The van der Waals surface area contributed by atoms with Gasteiger partial charge in [0.1, 0.15) is 0 Å². The van der Waals surface area contributed by atoms with E-state index in [0.717, 1.165) is 43.1 Å². The SMILES string of the molecule is C[C@H](CCCC(C)(C)O)C1CCC2/C(=C/C=C3/CC/C(=C\CO)[C@H](O)C3)CCCC21C. The maximum absolute atomic E-state index is 10.4. The molecule has 3 heteroatoms. The van der Waals surface area contributed by atoms with Gasteiger partial charge in [0.25, 0.3) is 0 Å². The minimum atomic E-state index is -0.544. The van der Waals surface area contributed by atoms with Gasteiger partial charge in [0.05, 0.1) is 18.3 Å². The van der Waals surface area contributed by atoms with Gasteiger partial charge < -0.3 is 15.3 Å². The van der Waals surface area contributed by atoms with Crippen LogP contribution in [0.15, 0.2) is 34.9 Å². The minimum Gasteiger partial charge on any atom is -0.392 e. The summed E-state index contributed by atoms with van der Waals surface area (Å²) in [6.45, 7) is 8.87. The fourth-order valence-corrected chi connectivity index (χ4v) is 6.96. The van der Waals surface area contributed by atoms with Crippen molar-refractivity contribution in [1.29, 1.82) is 0 Å². The van der Waals surface area contributed by atoms with Gasteiger partial charge >= 0.3 is 0 Å². The summed E-state index contributed by atoms with van der Waals surface area (Å²) < 4.78 is 0. The third kappa shape index (κ3) is 6.12. The Morgan fingerprint density at radius 2 is 1.90 bits per heavy atom. The number of allylic oxidation sites excluding steroid dienone is 3. The lowest BCUT2D eigenvalue weighted by atomic mass is 9.60. The van der Waals surface area contributed by atoms with E-state index >= 15 is 0 Å². The van der Waals surface area contributed by atoms with Crippen LogP contribution in [-0.2, 0) is 0 Å². The van der Waals surface area contributed by atoms with Crippen molar-refractivity contribution in [3.05, 3.63) is 34.9 Å². The van der Waals surface area contributed by atoms with Gasteiger partial charge in [-0.25, -0.2) is 0 Å². The number of hydrogen-bond acceptors (Lipinski definition) is 3. The summed E-state index contributed by atoms with van der Waals surface area (Å²) in [4.78, 5) is 0. The van der Waals surface area contributed by atoms with Crippen molar-refractivity contribution < 1.29 is 15.3 Å². The first-order chi connectivity index (χ1) is 14.6. The zero-order valence-corrected chi connectivity index (χ0v) is 20.4. The quantitative estimate of drug-likeness (QED) is 0.428. The molecule has 0 aromatic carbocycles. The Hall–Kier alpha value is -0.900. The molecule has 0 spiro atoms. The average Bonchev–Trinajstić information content (AvgIpc) is 3.05. The van der Waals surface area contributed by atoms with E-state index in [2.05, 4.69) is 26.0 Å². The minimum absolute atomic E-state index is 0.0209. The number of aliphatic hydroxyl groups excluding tert-OH is 2. The number of aliphatic hydroxyl groups is 3. The highest BCUT2D eigenvalue weighted by atomic mass is 16.3. The first kappa shape index (κ1) is 24.7. The van der Waals surface area contributed by atoms with Crippen LogP contribution < -0.4 is 0 Å². The third-order valence-electron chi connectivity index (χ3n) is 8.68. The molecule has 3 rings (SSSR count). The molecule has 5 atom stereocenters. The average molecular weight is 431 g/mol. The lowest BCUT2D eigenvalue weighted by Gasteiger charge is -2.44. The van der Waals surface area contributed by atoms with E-state index in [4.69, 9.17) is 5.11 Å². The Labute approximate surface area is 190 Å². The molecule has 3 unspecified atom stereocenters. The molecule has 176 valence electrons. The topological polar surface area (TPSA) is 60.7 Å². The molecular formula is C28H46O3. The van der Waals surface area contributed by atoms with Gasteiger partial charge in [0, 0.05) is 0 Å². The van der Waals surface area contributed by atoms with Crippen LogP contribution in [0.25, 0.3) is 0 Å². The lowest BCUT2D eigenvalue weighted by Crippen LogP contribution is -2.36. The largest absolute Gasteiger partial charge is 0.392 e. The van der Waals surface area contributed by atoms with Gasteiger partial charge in [-0.3, -0.25) is 0 Å². The molecule has 3 saturated carbocycles. The van der Waals surface area contributed by atoms with Crippen LogP contribution in [0.2, 0.25) is 0 Å². The highest BCUT2D eigenvalue weighted by Gasteiger charge is 2.50. The van der Waals surface area contributed by atoms with Crippen LogP contribution in [0.5, 0.6) is 0 Å². The van der Waals surface area contributed by atoms with Crippen molar-refractivity contribution >= 4 is 0 Å². The van der Waals surface area contributed by atoms with E-state index in [-0.39, 0.29) is 6.61 Å². The molecule has 3 aliphatic carbocycles. The maximum atomic E-state index is 10.4. The van der Waals surface area contributed by atoms with E-state index in [0.29, 0.717) is 17.8 Å². The molecule has 0 amide bonds. The van der Waals surface area contributed by atoms with Crippen LogP contribution in [-0.4, -0.2) is 33.6 Å². The second-order valence-corrected chi connectivity index (χ2v) is 11.5. The molecule has 0 aromatic rings. The van der Waals surface area contributed by atoms with E-state index in [1.807, 2.05) is 13.8 Å². The van der Waals surface area contributed by atoms with Gasteiger partial charge in [0.2, 0.25) is 0 Å². The van der Waals surface area contributed by atoms with Crippen molar-refractivity contribution in [2.45, 2.75) is 110 Å². The predicted octanol–water partition coefficient (Wildman–Crippen LogP) is 6.10. The Kier molecular flexibility index (Phi) is 8.27. The Bertz CT molecular complexity index is 696. The fourth-order valence-electron chi connectivity index (χ4n) is 6.96. The molecule has 0 saturated heterocycles. The van der Waals surface area contributed by atoms with Crippen molar-refractivity contribution in [1.82, 2.24) is 0 Å². The standard InChI is InChI=1S/C28H46O3/c1-20(7-5-16-27(2,3)31)24-13-14-25-22(8-6-17-28(24,25)4)11-9-21-10-12-23(15-18-29)26(30)19-21/h9,11,15,20,24-26,29-31H,5-8,10,12-14,16-19H2,1-4H3/b21-9-,22-11+,23-15+/t20-,24?,25?,26-,28?/m1/s1. The maximum Gasteiger partial charge on any atom is 0.0788 e. The molecule has 0 radical (unpaired) electrons. The number of rotatable bonds is 7. The second kappa shape index (κ2) is 10.4. The molecule has 31 heavy (non-hydrogen) atoms. The number of hydrogen-bond donors (Lipinski definition) is 3. The normalized spacial score (nSPS) is 36.9. The van der Waals surface area contributed by atoms with E-state index < -0.39 is 11.7 Å². The highest BCUT2D eigenvalue weighted by Crippen LogP contribution is 2.60. The van der Waals surface area contributed by atoms with Crippen molar-refractivity contribution in [2.24, 2.45) is 23.2 Å². The molecule has 0 aromatic heterocycles. The number of fused-ring (bicyclic) bond motifs is 1. The summed E-state index contributed by atoms with van der Waals surface area (Å²) in [6.07, 6.45) is 18.4. The molecule has 0 aliphatic heterocycles. The smallest absolute Gasteiger partial charge is 0.0788 e. The highest BCUT2D eigenvalue weighted by molar-refractivity contribution is 5.28. The van der Waals surface area contributed by atoms with Gasteiger partial charge in [-0.2, -0.15) is 0 Å². The Balaban J connectivity index is 1.64. The summed E-state index contributed by atoms with van der Waals surface area (Å²) in [5.41, 5.74) is 3.85. The summed E-state index contributed by atoms with van der Waals surface area (Å²) in [5, 5.41) is 29.5. The first-order valence-electron chi connectivity index (χ1n) is 12.7. The zero-order valence-electron chi connectivity index (χ0n) is 20.4. The zero-order chi connectivity index (χ0) is 22.6. The molecule has 0 heterocycles. The van der Waals surface area contributed by atoms with Gasteiger partial charge in [-0.15, -0.1) is 0 Å². The van der Waals surface area contributed by atoms with Crippen LogP contribution in [0, 0.1) is 23.2 Å². The molecule has 3 fully saturated rings. The molecular weight excluding hydrogens is 384 g/mol. The van der Waals surface area contributed by atoms with Crippen molar-refractivity contribution in [2.75, 3.05) is 6.61 Å². The van der Waals surface area contributed by atoms with Crippen LogP contribution >= 0.6 is 0 Å². The van der Waals surface area contributed by atoms with E-state index in [1.54, 1.807) is 11.6 Å². The van der Waals surface area contributed by atoms with Crippen LogP contribution in [0.3, 0.4) is 0 Å². The third-order valence-corrected chi connectivity index (χ3v) is 8.68. The van der Waals surface area contributed by atoms with Gasteiger partial charge in [-0.1, -0.05) is 56.1 Å². The molecule has 3 N–H and O–H groups in total. The van der Waals surface area contributed by atoms with Gasteiger partial charge in [0.15, 0.2) is 0 Å². The van der Waals surface area contributed by atoms with Crippen LogP contribution in [0.4, 0.5) is 0 Å². The summed E-state index contributed by atoms with van der Waals surface area (Å²) in [5.74, 6) is 2.22. The summed E-state index contributed by atoms with van der Waals surface area (Å²) in [6, 6.07) is 0. The lowest BCUT2D eigenvalue weighted by molar-refractivity contribution is 0.0596. The fraction of sp³-hybridized carbons (Fsp3) is 0.786. The van der Waals surface area contributed by atoms with Crippen molar-refractivity contribution in [3.8, 4) is 0 Å². The second-order valence-electron chi connectivity index (χ2n) is 11.5. The Morgan fingerprint density at radius 1 is 1.13 bits per heavy atom. The van der Waals surface area contributed by atoms with E-state index in [1.165, 1.54) is 44.1 Å². The van der Waals surface area contributed by atoms with Gasteiger partial charge in [-0.05, 0) is 100 Å². The first-order valence-corrected chi connectivity index (χ1v) is 12.7. The summed E-state index contributed by atoms with van der Waals surface area (Å²) in [7, 11) is 0. The Morgan fingerprint density at radius 3 is 2.58 bits per heavy atom. The molecule has 3 nitrogen and oxygen atoms in total. The summed E-state index contributed by atoms with van der Waals surface area (Å²) >= 11 is 0. The van der Waals surface area contributed by atoms with Crippen LogP contribution in [0.1, 0.15) is 98.3 Å². The van der Waals surface area contributed by atoms with Crippen molar-refractivity contribution in [3.63, 3.8) is 0 Å². The molecule has 0 bridgehead atoms. The predicted molar refractivity (Wildman–Crippen MR) is 129 cm³/mol.